The highest BCUT2D eigenvalue weighted by Crippen LogP contribution is 2.35. The van der Waals surface area contributed by atoms with E-state index in [0.717, 1.165) is 6.07 Å². The van der Waals surface area contributed by atoms with Crippen molar-refractivity contribution in [3.63, 3.8) is 0 Å². The van der Waals surface area contributed by atoms with Crippen LogP contribution in [0.2, 0.25) is 0 Å². The van der Waals surface area contributed by atoms with Gasteiger partial charge >= 0.3 is 6.18 Å². The predicted octanol–water partition coefficient (Wildman–Crippen LogP) is 3.16. The van der Waals surface area contributed by atoms with Gasteiger partial charge in [0.25, 0.3) is 0 Å². The number of nitrogens with zero attached hydrogens (tertiary/aromatic N) is 2. The quantitative estimate of drug-likeness (QED) is 0.798. The fourth-order valence-corrected chi connectivity index (χ4v) is 1.60. The first-order valence-electron chi connectivity index (χ1n) is 4.69. The van der Waals surface area contributed by atoms with Crippen LogP contribution in [0.15, 0.2) is 24.3 Å². The zero-order valence-corrected chi connectivity index (χ0v) is 9.56. The Bertz CT molecular complexity index is 597. The molecule has 0 aliphatic rings. The Labute approximate surface area is 99.9 Å². The zero-order valence-electron chi connectivity index (χ0n) is 8.75. The van der Waals surface area contributed by atoms with E-state index in [9.17, 15) is 13.2 Å². The number of aryl methyl sites for hydroxylation is 1. The second kappa shape index (κ2) is 3.99. The van der Waals surface area contributed by atoms with Crippen LogP contribution in [-0.2, 0) is 13.2 Å². The molecule has 90 valence electrons. The second-order valence-corrected chi connectivity index (χ2v) is 3.82. The predicted molar refractivity (Wildman–Crippen MR) is 58.8 cm³/mol. The summed E-state index contributed by atoms with van der Waals surface area (Å²) in [5.41, 5.74) is -0.740. The van der Waals surface area contributed by atoms with Gasteiger partial charge in [0.15, 0.2) is 5.82 Å². The maximum atomic E-state index is 12.8. The van der Waals surface area contributed by atoms with E-state index in [1.165, 1.54) is 22.9 Å². The molecule has 7 heteroatoms. The number of halogens is 3. The third-order valence-electron chi connectivity index (χ3n) is 2.26. The Hall–Kier alpha value is -1.63. The van der Waals surface area contributed by atoms with Crippen molar-refractivity contribution in [3.8, 4) is 11.4 Å². The number of hydrogen-bond donors (Lipinski definition) is 1. The summed E-state index contributed by atoms with van der Waals surface area (Å²) in [4.78, 5) is 3.88. The minimum absolute atomic E-state index is 0.00769. The maximum absolute atomic E-state index is 12.8. The number of benzene rings is 1. The van der Waals surface area contributed by atoms with Crippen molar-refractivity contribution in [2.75, 3.05) is 0 Å². The molecular weight excluding hydrogens is 251 g/mol. The van der Waals surface area contributed by atoms with Gasteiger partial charge in [-0.1, -0.05) is 18.2 Å². The van der Waals surface area contributed by atoms with Crippen molar-refractivity contribution >= 4 is 12.2 Å². The lowest BCUT2D eigenvalue weighted by Crippen LogP contribution is -2.07. The van der Waals surface area contributed by atoms with Crippen LogP contribution in [0.3, 0.4) is 0 Å². The number of H-pyrrole nitrogens is 1. The van der Waals surface area contributed by atoms with Crippen molar-refractivity contribution < 1.29 is 13.2 Å². The highest BCUT2D eigenvalue weighted by molar-refractivity contribution is 7.71. The smallest absolute Gasteiger partial charge is 0.279 e. The fraction of sp³-hybridized carbons (Fsp3) is 0.200. The van der Waals surface area contributed by atoms with Gasteiger partial charge in [-0.15, -0.1) is 0 Å². The molecule has 2 aromatic rings. The molecule has 0 unspecified atom stereocenters. The molecule has 1 aromatic heterocycles. The van der Waals surface area contributed by atoms with Crippen molar-refractivity contribution in [1.82, 2.24) is 14.8 Å². The van der Waals surface area contributed by atoms with E-state index < -0.39 is 11.7 Å². The van der Waals surface area contributed by atoms with Gasteiger partial charge in [-0.25, -0.2) is 0 Å². The number of hydrogen-bond acceptors (Lipinski definition) is 2. The Morgan fingerprint density at radius 1 is 1.29 bits per heavy atom. The van der Waals surface area contributed by atoms with E-state index in [1.54, 1.807) is 7.05 Å². The van der Waals surface area contributed by atoms with Crippen molar-refractivity contribution in [2.45, 2.75) is 6.18 Å². The Balaban J connectivity index is 2.64. The van der Waals surface area contributed by atoms with Crippen LogP contribution in [0.1, 0.15) is 5.56 Å². The Kier molecular flexibility index (Phi) is 2.78. The van der Waals surface area contributed by atoms with Crippen LogP contribution < -0.4 is 0 Å². The molecule has 0 aliphatic heterocycles. The van der Waals surface area contributed by atoms with Gasteiger partial charge < -0.3 is 0 Å². The van der Waals surface area contributed by atoms with Gasteiger partial charge in [0.1, 0.15) is 0 Å². The lowest BCUT2D eigenvalue weighted by Gasteiger charge is -2.10. The normalized spacial score (nSPS) is 11.8. The van der Waals surface area contributed by atoms with Crippen LogP contribution in [0.25, 0.3) is 11.4 Å². The van der Waals surface area contributed by atoms with Crippen molar-refractivity contribution in [1.29, 1.82) is 0 Å². The van der Waals surface area contributed by atoms with Crippen LogP contribution in [0.5, 0.6) is 0 Å². The molecule has 0 atom stereocenters. The van der Waals surface area contributed by atoms with E-state index in [2.05, 4.69) is 10.1 Å². The SMILES string of the molecule is Cn1[nH]c(-c2ccccc2C(F)(F)F)nc1=S. The molecule has 0 saturated carbocycles. The average molecular weight is 259 g/mol. The summed E-state index contributed by atoms with van der Waals surface area (Å²) in [6.07, 6.45) is -4.41. The molecule has 0 bridgehead atoms. The number of aromatic amines is 1. The Morgan fingerprint density at radius 2 is 1.94 bits per heavy atom. The molecule has 0 amide bonds. The minimum Gasteiger partial charge on any atom is -0.279 e. The molecule has 1 heterocycles. The first kappa shape index (κ1) is 11.8. The summed E-state index contributed by atoms with van der Waals surface area (Å²) < 4.78 is 39.9. The van der Waals surface area contributed by atoms with Crippen LogP contribution >= 0.6 is 12.2 Å². The van der Waals surface area contributed by atoms with E-state index in [1.807, 2.05) is 0 Å². The van der Waals surface area contributed by atoms with Gasteiger partial charge in [-0.2, -0.15) is 18.2 Å². The molecule has 3 nitrogen and oxygen atoms in total. The monoisotopic (exact) mass is 259 g/mol. The highest BCUT2D eigenvalue weighted by atomic mass is 32.1. The summed E-state index contributed by atoms with van der Waals surface area (Å²) >= 11 is 4.85. The second-order valence-electron chi connectivity index (χ2n) is 3.46. The van der Waals surface area contributed by atoms with E-state index in [0.29, 0.717) is 0 Å². The third kappa shape index (κ3) is 2.23. The van der Waals surface area contributed by atoms with Gasteiger partial charge in [0.2, 0.25) is 4.77 Å². The van der Waals surface area contributed by atoms with Crippen LogP contribution in [0, 0.1) is 4.77 Å². The van der Waals surface area contributed by atoms with Gasteiger partial charge in [-0.3, -0.25) is 9.78 Å². The molecule has 0 fully saturated rings. The molecule has 0 saturated heterocycles. The number of alkyl halides is 3. The number of aromatic nitrogens is 3. The van der Waals surface area contributed by atoms with Gasteiger partial charge in [-0.05, 0) is 18.3 Å². The number of rotatable bonds is 1. The lowest BCUT2D eigenvalue weighted by molar-refractivity contribution is -0.137. The summed E-state index contributed by atoms with van der Waals surface area (Å²) in [5, 5.41) is 2.67. The van der Waals surface area contributed by atoms with Crippen molar-refractivity contribution in [2.24, 2.45) is 7.05 Å². The van der Waals surface area contributed by atoms with Crippen molar-refractivity contribution in [3.05, 3.63) is 34.6 Å². The fourth-order valence-electron chi connectivity index (χ4n) is 1.46. The van der Waals surface area contributed by atoms with Gasteiger partial charge in [0, 0.05) is 12.6 Å². The average Bonchev–Trinajstić information content (AvgIpc) is 2.58. The molecule has 1 N–H and O–H groups in total. The third-order valence-corrected chi connectivity index (χ3v) is 2.62. The van der Waals surface area contributed by atoms with Gasteiger partial charge in [0.05, 0.1) is 5.56 Å². The molecule has 2 rings (SSSR count). The zero-order chi connectivity index (χ0) is 12.6. The first-order valence-corrected chi connectivity index (χ1v) is 5.10. The lowest BCUT2D eigenvalue weighted by atomic mass is 10.1. The van der Waals surface area contributed by atoms with Crippen LogP contribution in [0.4, 0.5) is 13.2 Å². The standard InChI is InChI=1S/C10H8F3N3S/c1-16-9(17)14-8(15-16)6-4-2-3-5-7(6)10(11,12)13/h2-5H,1H3,(H,14,15,17). The highest BCUT2D eigenvalue weighted by Gasteiger charge is 2.34. The molecule has 1 aromatic carbocycles. The summed E-state index contributed by atoms with van der Waals surface area (Å²) in [6.45, 7) is 0. The molecule has 0 radical (unpaired) electrons. The van der Waals surface area contributed by atoms with E-state index in [4.69, 9.17) is 12.2 Å². The maximum Gasteiger partial charge on any atom is 0.417 e. The van der Waals surface area contributed by atoms with Crippen LogP contribution in [-0.4, -0.2) is 14.8 Å². The largest absolute Gasteiger partial charge is 0.417 e. The van der Waals surface area contributed by atoms with E-state index >= 15 is 0 Å². The summed E-state index contributed by atoms with van der Waals surface area (Å²) in [7, 11) is 1.59. The molecule has 17 heavy (non-hydrogen) atoms. The molecular formula is C10H8F3N3S. The molecule has 0 spiro atoms. The minimum atomic E-state index is -4.41. The Morgan fingerprint density at radius 3 is 2.47 bits per heavy atom. The van der Waals surface area contributed by atoms with E-state index in [-0.39, 0.29) is 16.2 Å². The molecule has 0 aliphatic carbocycles. The number of nitrogens with one attached hydrogen (secondary N) is 1. The topological polar surface area (TPSA) is 33.6 Å². The summed E-state index contributed by atoms with van der Waals surface area (Å²) in [6, 6.07) is 5.23. The first-order chi connectivity index (χ1) is 7.89. The summed E-state index contributed by atoms with van der Waals surface area (Å²) in [5.74, 6) is 0.116.